The molecular formula is C14H17I2NO4. The van der Waals surface area contributed by atoms with Crippen LogP contribution < -0.4 is 5.32 Å². The van der Waals surface area contributed by atoms with Crippen LogP contribution in [0.1, 0.15) is 25.3 Å². The Bertz CT molecular complexity index is 511. The molecule has 116 valence electrons. The molecular weight excluding hydrogens is 500 g/mol. The van der Waals surface area contributed by atoms with Gasteiger partial charge in [-0.05, 0) is 69.3 Å². The molecule has 0 aliphatic rings. The Morgan fingerprint density at radius 3 is 2.38 bits per heavy atom. The molecule has 0 saturated heterocycles. The largest absolute Gasteiger partial charge is 0.506 e. The van der Waals surface area contributed by atoms with Crippen LogP contribution in [-0.2, 0) is 20.7 Å². The van der Waals surface area contributed by atoms with E-state index in [9.17, 15) is 14.7 Å². The first-order valence-electron chi connectivity index (χ1n) is 6.43. The topological polar surface area (TPSA) is 75.6 Å². The fourth-order valence-corrected chi connectivity index (χ4v) is 3.70. The molecule has 1 amide bonds. The van der Waals surface area contributed by atoms with Gasteiger partial charge < -0.3 is 15.2 Å². The minimum Gasteiger partial charge on any atom is -0.506 e. The molecule has 0 spiro atoms. The highest BCUT2D eigenvalue weighted by Gasteiger charge is 2.22. The summed E-state index contributed by atoms with van der Waals surface area (Å²) in [4.78, 5) is 23.5. The summed E-state index contributed by atoms with van der Waals surface area (Å²) in [5, 5.41) is 12.4. The van der Waals surface area contributed by atoms with Crippen molar-refractivity contribution in [2.24, 2.45) is 0 Å². The number of carbonyl (C=O) groups excluding carboxylic acids is 2. The van der Waals surface area contributed by atoms with Crippen LogP contribution >= 0.6 is 45.2 Å². The molecule has 1 aromatic rings. The zero-order chi connectivity index (χ0) is 16.0. The van der Waals surface area contributed by atoms with Gasteiger partial charge in [-0.1, -0.05) is 6.92 Å². The van der Waals surface area contributed by atoms with Gasteiger partial charge in [-0.15, -0.1) is 0 Å². The molecule has 0 aromatic heterocycles. The highest BCUT2D eigenvalue weighted by Crippen LogP contribution is 2.27. The van der Waals surface area contributed by atoms with Gasteiger partial charge in [0.2, 0.25) is 5.91 Å². The van der Waals surface area contributed by atoms with Gasteiger partial charge in [-0.2, -0.15) is 0 Å². The molecule has 0 bridgehead atoms. The summed E-state index contributed by atoms with van der Waals surface area (Å²) in [6.45, 7) is 1.90. The van der Waals surface area contributed by atoms with Gasteiger partial charge in [-0.25, -0.2) is 4.79 Å². The lowest BCUT2D eigenvalue weighted by atomic mass is 10.1. The Labute approximate surface area is 151 Å². The highest BCUT2D eigenvalue weighted by molar-refractivity contribution is 14.1. The van der Waals surface area contributed by atoms with Crippen molar-refractivity contribution >= 4 is 57.1 Å². The van der Waals surface area contributed by atoms with E-state index < -0.39 is 12.0 Å². The molecule has 0 heterocycles. The predicted octanol–water partition coefficient (Wildman–Crippen LogP) is 2.60. The number of amides is 1. The molecule has 1 rings (SSSR count). The first kappa shape index (κ1) is 18.5. The molecule has 0 aliphatic heterocycles. The summed E-state index contributed by atoms with van der Waals surface area (Å²) in [6, 6.07) is 2.87. The number of halogens is 2. The monoisotopic (exact) mass is 517 g/mol. The average Bonchev–Trinajstić information content (AvgIpc) is 2.43. The Morgan fingerprint density at radius 2 is 1.90 bits per heavy atom. The van der Waals surface area contributed by atoms with E-state index in [4.69, 9.17) is 4.74 Å². The number of rotatable bonds is 6. The lowest BCUT2D eigenvalue weighted by Crippen LogP contribution is -2.43. The molecule has 7 heteroatoms. The van der Waals surface area contributed by atoms with E-state index in [1.807, 2.05) is 52.1 Å². The number of benzene rings is 1. The maximum Gasteiger partial charge on any atom is 0.328 e. The number of nitrogens with one attached hydrogen (secondary N) is 1. The van der Waals surface area contributed by atoms with Crippen LogP contribution in [0.4, 0.5) is 0 Å². The van der Waals surface area contributed by atoms with Crippen LogP contribution in [0.3, 0.4) is 0 Å². The average molecular weight is 517 g/mol. The van der Waals surface area contributed by atoms with Crippen LogP contribution in [0.5, 0.6) is 5.75 Å². The van der Waals surface area contributed by atoms with Crippen LogP contribution in [0, 0.1) is 7.14 Å². The van der Waals surface area contributed by atoms with Crippen molar-refractivity contribution in [1.29, 1.82) is 0 Å². The summed E-state index contributed by atoms with van der Waals surface area (Å²) in [5.74, 6) is -0.418. The van der Waals surface area contributed by atoms with E-state index in [1.165, 1.54) is 7.11 Å². The summed E-state index contributed by atoms with van der Waals surface area (Å²) < 4.78 is 6.15. The molecule has 1 aromatic carbocycles. The smallest absolute Gasteiger partial charge is 0.328 e. The second-order valence-corrected chi connectivity index (χ2v) is 6.83. The summed E-state index contributed by atoms with van der Waals surface area (Å²) >= 11 is 4.06. The van der Waals surface area contributed by atoms with Gasteiger partial charge in [0.25, 0.3) is 0 Å². The number of ether oxygens (including phenoxy) is 1. The standard InChI is InChI=1S/C14H17I2NO4/c1-3-4-12(18)17-11(14(20)21-2)7-8-5-9(15)13(19)10(16)6-8/h5-6,11,19H,3-4,7H2,1-2H3,(H,17,18). The number of hydrogen-bond donors (Lipinski definition) is 2. The van der Waals surface area contributed by atoms with E-state index in [1.54, 1.807) is 12.1 Å². The first-order chi connectivity index (χ1) is 9.88. The third-order valence-corrected chi connectivity index (χ3v) is 4.46. The maximum atomic E-state index is 11.8. The predicted molar refractivity (Wildman–Crippen MR) is 96.1 cm³/mol. The van der Waals surface area contributed by atoms with Crippen molar-refractivity contribution in [3.05, 3.63) is 24.8 Å². The Kier molecular flexibility index (Phi) is 7.71. The lowest BCUT2D eigenvalue weighted by molar-refractivity contribution is -0.145. The fourth-order valence-electron chi connectivity index (χ4n) is 1.80. The van der Waals surface area contributed by atoms with Crippen molar-refractivity contribution in [2.45, 2.75) is 32.2 Å². The van der Waals surface area contributed by atoms with E-state index in [0.29, 0.717) is 26.4 Å². The number of aromatic hydroxyl groups is 1. The normalized spacial score (nSPS) is 11.8. The van der Waals surface area contributed by atoms with E-state index in [-0.39, 0.29) is 11.7 Å². The van der Waals surface area contributed by atoms with Gasteiger partial charge in [0, 0.05) is 12.8 Å². The molecule has 2 N–H and O–H groups in total. The number of phenolic OH excluding ortho intramolecular Hbond substituents is 1. The minimum absolute atomic E-state index is 0.170. The van der Waals surface area contributed by atoms with Gasteiger partial charge in [-0.3, -0.25) is 4.79 Å². The maximum absolute atomic E-state index is 11.8. The Hall–Kier alpha value is -0.580. The van der Waals surface area contributed by atoms with Crippen LogP contribution in [-0.4, -0.2) is 30.1 Å². The molecule has 21 heavy (non-hydrogen) atoms. The number of esters is 1. The molecule has 0 aliphatic carbocycles. The van der Waals surface area contributed by atoms with E-state index >= 15 is 0 Å². The third-order valence-electron chi connectivity index (χ3n) is 2.81. The number of phenols is 1. The number of hydrogen-bond acceptors (Lipinski definition) is 4. The lowest BCUT2D eigenvalue weighted by Gasteiger charge is -2.17. The van der Waals surface area contributed by atoms with Crippen molar-refractivity contribution in [1.82, 2.24) is 5.32 Å². The molecule has 1 atom stereocenters. The van der Waals surface area contributed by atoms with Gasteiger partial charge in [0.15, 0.2) is 0 Å². The number of carbonyl (C=O) groups is 2. The van der Waals surface area contributed by atoms with E-state index in [0.717, 1.165) is 5.56 Å². The van der Waals surface area contributed by atoms with Crippen molar-refractivity contribution in [3.8, 4) is 5.75 Å². The van der Waals surface area contributed by atoms with Gasteiger partial charge in [0.05, 0.1) is 14.3 Å². The van der Waals surface area contributed by atoms with Crippen molar-refractivity contribution in [3.63, 3.8) is 0 Å². The van der Waals surface area contributed by atoms with Crippen molar-refractivity contribution < 1.29 is 19.4 Å². The second-order valence-electron chi connectivity index (χ2n) is 4.51. The van der Waals surface area contributed by atoms with Crippen molar-refractivity contribution in [2.75, 3.05) is 7.11 Å². The van der Waals surface area contributed by atoms with Gasteiger partial charge in [0.1, 0.15) is 11.8 Å². The Balaban J connectivity index is 2.91. The molecule has 0 radical (unpaired) electrons. The zero-order valence-corrected chi connectivity index (χ0v) is 16.1. The molecule has 0 saturated carbocycles. The minimum atomic E-state index is -0.717. The third kappa shape index (κ3) is 5.61. The molecule has 5 nitrogen and oxygen atoms in total. The van der Waals surface area contributed by atoms with Crippen LogP contribution in [0.25, 0.3) is 0 Å². The fraction of sp³-hybridized carbons (Fsp3) is 0.429. The Morgan fingerprint density at radius 1 is 1.33 bits per heavy atom. The van der Waals surface area contributed by atoms with Crippen LogP contribution in [0.2, 0.25) is 0 Å². The summed E-state index contributed by atoms with van der Waals surface area (Å²) in [7, 11) is 1.30. The van der Waals surface area contributed by atoms with Crippen LogP contribution in [0.15, 0.2) is 12.1 Å². The summed E-state index contributed by atoms with van der Waals surface area (Å²) in [5.41, 5.74) is 0.855. The highest BCUT2D eigenvalue weighted by atomic mass is 127. The van der Waals surface area contributed by atoms with Gasteiger partial charge >= 0.3 is 5.97 Å². The first-order valence-corrected chi connectivity index (χ1v) is 8.58. The SMILES string of the molecule is CCCC(=O)NC(Cc1cc(I)c(O)c(I)c1)C(=O)OC. The number of methoxy groups -OCH3 is 1. The zero-order valence-electron chi connectivity index (χ0n) is 11.8. The summed E-state index contributed by atoms with van der Waals surface area (Å²) in [6.07, 6.45) is 1.42. The molecule has 1 unspecified atom stereocenters. The quantitative estimate of drug-likeness (QED) is 0.450. The second kappa shape index (κ2) is 8.76. The molecule has 0 fully saturated rings. The van der Waals surface area contributed by atoms with E-state index in [2.05, 4.69) is 5.32 Å².